The van der Waals surface area contributed by atoms with Gasteiger partial charge in [0.25, 0.3) is 0 Å². The molecule has 0 bridgehead atoms. The largest absolute Gasteiger partial charge is 0.457 e. The first-order chi connectivity index (χ1) is 26.9. The van der Waals surface area contributed by atoms with Crippen molar-refractivity contribution in [2.75, 3.05) is 26.4 Å². The number of allylic oxidation sites excluding steroid dienone is 4. The molecule has 9 nitrogen and oxygen atoms in total. The number of carbonyl (C=O) groups excluding carboxylic acids is 1. The smallest absolute Gasteiger partial charge is 0.306 e. The Morgan fingerprint density at radius 2 is 1.07 bits per heavy atom. The number of carbonyl (C=O) groups is 1. The molecule has 1 rings (SSSR count). The molecule has 0 aliphatic carbocycles. The van der Waals surface area contributed by atoms with E-state index in [0.717, 1.165) is 57.8 Å². The SMILES string of the molecule is CCCC/C=C\C/C=C\CCCCCCCC(=O)OC(COCCCCCCCCCCCCCCCCCCCC)COC1OC(CO)C(O)C(O)C1O. The highest BCUT2D eigenvalue weighted by atomic mass is 16.7. The van der Waals surface area contributed by atoms with Gasteiger partial charge in [-0.3, -0.25) is 4.79 Å². The molecule has 6 atom stereocenters. The second kappa shape index (κ2) is 38.2. The van der Waals surface area contributed by atoms with Crippen molar-refractivity contribution in [2.24, 2.45) is 0 Å². The summed E-state index contributed by atoms with van der Waals surface area (Å²) in [6.45, 7) is 4.53. The Bertz CT molecular complexity index is 895. The highest BCUT2D eigenvalue weighted by Gasteiger charge is 2.44. The third kappa shape index (κ3) is 29.5. The third-order valence-corrected chi connectivity index (χ3v) is 10.6. The van der Waals surface area contributed by atoms with Gasteiger partial charge in [0.1, 0.15) is 30.5 Å². The van der Waals surface area contributed by atoms with Crippen LogP contribution in [-0.2, 0) is 23.7 Å². The molecular formula is C46H86O9. The molecule has 0 saturated carbocycles. The summed E-state index contributed by atoms with van der Waals surface area (Å²) in [5.74, 6) is -0.325. The van der Waals surface area contributed by atoms with Gasteiger partial charge in [0.05, 0.1) is 19.8 Å². The zero-order chi connectivity index (χ0) is 40.0. The Morgan fingerprint density at radius 1 is 0.582 bits per heavy atom. The number of hydrogen-bond acceptors (Lipinski definition) is 9. The molecule has 1 aliphatic heterocycles. The van der Waals surface area contributed by atoms with Gasteiger partial charge in [-0.25, -0.2) is 0 Å². The number of esters is 1. The quantitative estimate of drug-likeness (QED) is 0.0273. The number of hydrogen-bond donors (Lipinski definition) is 4. The molecule has 1 fully saturated rings. The van der Waals surface area contributed by atoms with Crippen molar-refractivity contribution in [2.45, 2.75) is 237 Å². The Morgan fingerprint density at radius 3 is 1.62 bits per heavy atom. The van der Waals surface area contributed by atoms with Crippen molar-refractivity contribution in [1.82, 2.24) is 0 Å². The first kappa shape index (κ1) is 51.7. The predicted molar refractivity (Wildman–Crippen MR) is 224 cm³/mol. The van der Waals surface area contributed by atoms with E-state index in [1.807, 2.05) is 0 Å². The molecule has 0 amide bonds. The molecule has 1 heterocycles. The minimum Gasteiger partial charge on any atom is -0.457 e. The van der Waals surface area contributed by atoms with E-state index >= 15 is 0 Å². The van der Waals surface area contributed by atoms with Crippen molar-refractivity contribution in [1.29, 1.82) is 0 Å². The summed E-state index contributed by atoms with van der Waals surface area (Å²) in [5, 5.41) is 40.1. The highest BCUT2D eigenvalue weighted by molar-refractivity contribution is 5.69. The highest BCUT2D eigenvalue weighted by Crippen LogP contribution is 2.23. The minimum absolute atomic E-state index is 0.115. The van der Waals surface area contributed by atoms with Crippen molar-refractivity contribution < 1.29 is 44.2 Å². The van der Waals surface area contributed by atoms with E-state index in [1.165, 1.54) is 122 Å². The Kier molecular flexibility index (Phi) is 35.9. The molecule has 0 aromatic heterocycles. The Hall–Kier alpha value is -1.33. The fourth-order valence-corrected chi connectivity index (χ4v) is 6.98. The van der Waals surface area contributed by atoms with Crippen LogP contribution in [0.5, 0.6) is 0 Å². The van der Waals surface area contributed by atoms with E-state index in [2.05, 4.69) is 38.2 Å². The van der Waals surface area contributed by atoms with Crippen LogP contribution in [0, 0.1) is 0 Å². The maximum Gasteiger partial charge on any atom is 0.306 e. The number of rotatable bonds is 39. The molecule has 0 spiro atoms. The first-order valence-electron chi connectivity index (χ1n) is 22.9. The maximum atomic E-state index is 12.8. The second-order valence-corrected chi connectivity index (χ2v) is 15.9. The van der Waals surface area contributed by atoms with Gasteiger partial charge in [-0.05, 0) is 38.5 Å². The van der Waals surface area contributed by atoms with Gasteiger partial charge in [-0.2, -0.15) is 0 Å². The predicted octanol–water partition coefficient (Wildman–Crippen LogP) is 10.2. The normalized spacial score (nSPS) is 20.9. The topological polar surface area (TPSA) is 135 Å². The van der Waals surface area contributed by atoms with Gasteiger partial charge in [0, 0.05) is 13.0 Å². The summed E-state index contributed by atoms with van der Waals surface area (Å²) >= 11 is 0. The van der Waals surface area contributed by atoms with Crippen molar-refractivity contribution in [3.63, 3.8) is 0 Å². The van der Waals surface area contributed by atoms with Crippen molar-refractivity contribution >= 4 is 5.97 Å². The molecule has 9 heteroatoms. The molecule has 55 heavy (non-hydrogen) atoms. The van der Waals surface area contributed by atoms with Crippen molar-refractivity contribution in [3.8, 4) is 0 Å². The Balaban J connectivity index is 2.25. The van der Waals surface area contributed by atoms with Gasteiger partial charge in [0.2, 0.25) is 0 Å². The van der Waals surface area contributed by atoms with E-state index in [4.69, 9.17) is 18.9 Å². The zero-order valence-electron chi connectivity index (χ0n) is 35.4. The monoisotopic (exact) mass is 783 g/mol. The van der Waals surface area contributed by atoms with Crippen LogP contribution >= 0.6 is 0 Å². The zero-order valence-corrected chi connectivity index (χ0v) is 35.4. The standard InChI is InChI=1S/C46H86O9/c1-3-5-7-9-11-13-15-17-19-20-21-22-24-26-28-30-32-34-36-52-38-40(39-53-46-45(51)44(50)43(49)41(37-47)55-46)54-42(48)35-33-31-29-27-25-23-18-16-14-12-10-8-6-4-2/h10,12,16,18,40-41,43-47,49-51H,3-9,11,13-15,17,19-39H2,1-2H3/b12-10-,18-16-. The van der Waals surface area contributed by atoms with Crippen molar-refractivity contribution in [3.05, 3.63) is 24.3 Å². The molecule has 0 radical (unpaired) electrons. The van der Waals surface area contributed by atoms with E-state index < -0.39 is 43.4 Å². The number of aliphatic hydroxyl groups is 4. The summed E-state index contributed by atoms with van der Waals surface area (Å²) in [6.07, 6.45) is 36.3. The summed E-state index contributed by atoms with van der Waals surface area (Å²) in [5.41, 5.74) is 0. The molecular weight excluding hydrogens is 696 g/mol. The number of unbranched alkanes of at least 4 members (excludes halogenated alkanes) is 24. The van der Waals surface area contributed by atoms with Crippen LogP contribution in [0.4, 0.5) is 0 Å². The second-order valence-electron chi connectivity index (χ2n) is 15.9. The molecule has 324 valence electrons. The molecule has 0 aromatic carbocycles. The van der Waals surface area contributed by atoms with E-state index in [-0.39, 0.29) is 19.2 Å². The van der Waals surface area contributed by atoms with Crippen LogP contribution in [0.1, 0.15) is 200 Å². The molecule has 4 N–H and O–H groups in total. The number of aliphatic hydroxyl groups excluding tert-OH is 4. The minimum atomic E-state index is -1.54. The lowest BCUT2D eigenvalue weighted by Crippen LogP contribution is -2.59. The lowest BCUT2D eigenvalue weighted by atomic mass is 9.99. The lowest BCUT2D eigenvalue weighted by Gasteiger charge is -2.39. The van der Waals surface area contributed by atoms with E-state index in [1.54, 1.807) is 0 Å². The van der Waals surface area contributed by atoms with Crippen LogP contribution in [-0.4, -0.2) is 89.6 Å². The lowest BCUT2D eigenvalue weighted by molar-refractivity contribution is -0.305. The fourth-order valence-electron chi connectivity index (χ4n) is 6.98. The number of ether oxygens (including phenoxy) is 4. The summed E-state index contributed by atoms with van der Waals surface area (Å²) < 4.78 is 22.8. The third-order valence-electron chi connectivity index (χ3n) is 10.6. The average molecular weight is 783 g/mol. The summed E-state index contributed by atoms with van der Waals surface area (Å²) in [7, 11) is 0. The van der Waals surface area contributed by atoms with E-state index in [9.17, 15) is 25.2 Å². The van der Waals surface area contributed by atoms with Gasteiger partial charge in [0.15, 0.2) is 6.29 Å². The average Bonchev–Trinajstić information content (AvgIpc) is 3.18. The van der Waals surface area contributed by atoms with Crippen LogP contribution in [0.15, 0.2) is 24.3 Å². The van der Waals surface area contributed by atoms with Crippen LogP contribution in [0.25, 0.3) is 0 Å². The van der Waals surface area contributed by atoms with Gasteiger partial charge in [-0.1, -0.05) is 179 Å². The summed E-state index contributed by atoms with van der Waals surface area (Å²) in [4.78, 5) is 12.8. The van der Waals surface area contributed by atoms with Crippen LogP contribution < -0.4 is 0 Å². The van der Waals surface area contributed by atoms with Gasteiger partial charge < -0.3 is 39.4 Å². The van der Waals surface area contributed by atoms with Gasteiger partial charge >= 0.3 is 5.97 Å². The Labute approximate surface area is 337 Å². The fraction of sp³-hybridized carbons (Fsp3) is 0.891. The van der Waals surface area contributed by atoms with E-state index in [0.29, 0.717) is 13.0 Å². The molecule has 0 aromatic rings. The van der Waals surface area contributed by atoms with Gasteiger partial charge in [-0.15, -0.1) is 0 Å². The van der Waals surface area contributed by atoms with Crippen LogP contribution in [0.3, 0.4) is 0 Å². The summed E-state index contributed by atoms with van der Waals surface area (Å²) in [6, 6.07) is 0. The first-order valence-corrected chi connectivity index (χ1v) is 22.9. The molecule has 1 aliphatic rings. The maximum absolute atomic E-state index is 12.8. The molecule has 1 saturated heterocycles. The van der Waals surface area contributed by atoms with Crippen LogP contribution in [0.2, 0.25) is 0 Å². The molecule has 6 unspecified atom stereocenters.